The second-order valence-corrected chi connectivity index (χ2v) is 5.12. The number of fused-ring (bicyclic) bond motifs is 1. The lowest BCUT2D eigenvalue weighted by Gasteiger charge is -2.08. The van der Waals surface area contributed by atoms with E-state index in [9.17, 15) is 0 Å². The van der Waals surface area contributed by atoms with Crippen LogP contribution in [0.1, 0.15) is 5.76 Å². The van der Waals surface area contributed by atoms with Gasteiger partial charge in [0.15, 0.2) is 11.6 Å². The first-order valence-electron chi connectivity index (χ1n) is 7.29. The standard InChI is InChI=1S/C16H13N7O/c1-10-8-13(23-24-10)20-16-21-14(9-18-22-16)19-12-6-2-4-11-5-3-7-17-15(11)12/h2-9H,1H3,(H2,19,20,21,22,23). The Morgan fingerprint density at radius 2 is 1.96 bits per heavy atom. The highest BCUT2D eigenvalue weighted by Crippen LogP contribution is 2.23. The van der Waals surface area contributed by atoms with E-state index in [4.69, 9.17) is 4.52 Å². The number of anilines is 4. The molecule has 0 atom stereocenters. The number of hydrogen-bond acceptors (Lipinski definition) is 8. The predicted molar refractivity (Wildman–Crippen MR) is 89.4 cm³/mol. The number of aryl methyl sites for hydroxylation is 1. The van der Waals surface area contributed by atoms with Crippen LogP contribution in [-0.2, 0) is 0 Å². The minimum Gasteiger partial charge on any atom is -0.360 e. The summed E-state index contributed by atoms with van der Waals surface area (Å²) in [4.78, 5) is 8.78. The summed E-state index contributed by atoms with van der Waals surface area (Å²) in [6, 6.07) is 11.6. The molecule has 0 saturated carbocycles. The maximum atomic E-state index is 5.00. The second kappa shape index (κ2) is 5.92. The summed E-state index contributed by atoms with van der Waals surface area (Å²) in [6.07, 6.45) is 3.30. The molecule has 0 fully saturated rings. The highest BCUT2D eigenvalue weighted by Gasteiger charge is 2.07. The van der Waals surface area contributed by atoms with Crippen LogP contribution in [0.2, 0.25) is 0 Å². The molecule has 4 aromatic rings. The van der Waals surface area contributed by atoms with Gasteiger partial charge in [-0.2, -0.15) is 10.1 Å². The molecule has 0 unspecified atom stereocenters. The van der Waals surface area contributed by atoms with E-state index < -0.39 is 0 Å². The third-order valence-corrected chi connectivity index (χ3v) is 3.32. The Balaban J connectivity index is 1.61. The van der Waals surface area contributed by atoms with Gasteiger partial charge in [0, 0.05) is 17.6 Å². The van der Waals surface area contributed by atoms with Crippen molar-refractivity contribution in [3.05, 3.63) is 54.6 Å². The van der Waals surface area contributed by atoms with Gasteiger partial charge < -0.3 is 15.2 Å². The molecular formula is C16H13N7O. The maximum Gasteiger partial charge on any atom is 0.250 e. The SMILES string of the molecule is Cc1cc(Nc2nncc(Nc3cccc4cccnc34)n2)no1. The molecule has 8 heteroatoms. The smallest absolute Gasteiger partial charge is 0.250 e. The number of hydrogen-bond donors (Lipinski definition) is 2. The van der Waals surface area contributed by atoms with Crippen LogP contribution in [0.3, 0.4) is 0 Å². The molecule has 2 N–H and O–H groups in total. The van der Waals surface area contributed by atoms with E-state index in [1.807, 2.05) is 37.3 Å². The molecule has 0 radical (unpaired) electrons. The zero-order valence-electron chi connectivity index (χ0n) is 12.8. The van der Waals surface area contributed by atoms with Crippen molar-refractivity contribution in [3.63, 3.8) is 0 Å². The summed E-state index contributed by atoms with van der Waals surface area (Å²) in [5, 5.41) is 18.9. The second-order valence-electron chi connectivity index (χ2n) is 5.12. The Bertz CT molecular complexity index is 993. The summed E-state index contributed by atoms with van der Waals surface area (Å²) in [5.74, 6) is 2.09. The number of benzene rings is 1. The van der Waals surface area contributed by atoms with Gasteiger partial charge in [0.05, 0.1) is 17.4 Å². The van der Waals surface area contributed by atoms with Crippen molar-refractivity contribution >= 4 is 34.2 Å². The van der Waals surface area contributed by atoms with Gasteiger partial charge in [0.2, 0.25) is 5.95 Å². The Labute approximate surface area is 137 Å². The number of aromatic nitrogens is 5. The Morgan fingerprint density at radius 3 is 2.83 bits per heavy atom. The molecule has 3 heterocycles. The zero-order chi connectivity index (χ0) is 16.4. The van der Waals surface area contributed by atoms with Crippen molar-refractivity contribution in [1.29, 1.82) is 0 Å². The number of nitrogens with zero attached hydrogens (tertiary/aromatic N) is 5. The van der Waals surface area contributed by atoms with Crippen molar-refractivity contribution < 1.29 is 4.52 Å². The number of para-hydroxylation sites is 1. The highest BCUT2D eigenvalue weighted by molar-refractivity contribution is 5.91. The first-order valence-corrected chi connectivity index (χ1v) is 7.29. The number of rotatable bonds is 4. The molecule has 0 spiro atoms. The van der Waals surface area contributed by atoms with Crippen LogP contribution in [0.4, 0.5) is 23.3 Å². The molecule has 8 nitrogen and oxygen atoms in total. The molecule has 0 aliphatic carbocycles. The lowest BCUT2D eigenvalue weighted by molar-refractivity contribution is 0.400. The van der Waals surface area contributed by atoms with Gasteiger partial charge in [-0.1, -0.05) is 23.4 Å². The van der Waals surface area contributed by atoms with Crippen molar-refractivity contribution in [2.45, 2.75) is 6.92 Å². The van der Waals surface area contributed by atoms with Crippen molar-refractivity contribution in [2.24, 2.45) is 0 Å². The summed E-state index contributed by atoms with van der Waals surface area (Å²) in [6.45, 7) is 1.81. The van der Waals surface area contributed by atoms with Gasteiger partial charge in [-0.15, -0.1) is 5.10 Å². The molecule has 24 heavy (non-hydrogen) atoms. The first-order chi connectivity index (χ1) is 11.8. The largest absolute Gasteiger partial charge is 0.360 e. The zero-order valence-corrected chi connectivity index (χ0v) is 12.8. The van der Waals surface area contributed by atoms with Crippen LogP contribution < -0.4 is 10.6 Å². The number of nitrogens with one attached hydrogen (secondary N) is 2. The van der Waals surface area contributed by atoms with Crippen molar-refractivity contribution in [3.8, 4) is 0 Å². The Hall–Kier alpha value is -3.55. The van der Waals surface area contributed by atoms with Gasteiger partial charge >= 0.3 is 0 Å². The fourth-order valence-electron chi connectivity index (χ4n) is 2.30. The fraction of sp³-hybridized carbons (Fsp3) is 0.0625. The molecule has 0 saturated heterocycles. The van der Waals surface area contributed by atoms with E-state index in [1.165, 1.54) is 0 Å². The third-order valence-electron chi connectivity index (χ3n) is 3.32. The van der Waals surface area contributed by atoms with E-state index in [2.05, 4.69) is 36.0 Å². The Kier molecular flexibility index (Phi) is 3.47. The molecule has 0 aliphatic rings. The predicted octanol–water partition coefficient (Wildman–Crippen LogP) is 3.20. The highest BCUT2D eigenvalue weighted by atomic mass is 16.5. The van der Waals surface area contributed by atoms with Crippen molar-refractivity contribution in [2.75, 3.05) is 10.6 Å². The molecule has 3 aromatic heterocycles. The quantitative estimate of drug-likeness (QED) is 0.591. The number of pyridine rings is 1. The summed E-state index contributed by atoms with van der Waals surface area (Å²) in [5.41, 5.74) is 1.71. The fourth-order valence-corrected chi connectivity index (χ4v) is 2.30. The maximum absolute atomic E-state index is 5.00. The average Bonchev–Trinajstić information content (AvgIpc) is 3.00. The van der Waals surface area contributed by atoms with Gasteiger partial charge in [0.1, 0.15) is 5.76 Å². The van der Waals surface area contributed by atoms with Crippen LogP contribution in [0, 0.1) is 6.92 Å². The minimum atomic E-state index is 0.321. The average molecular weight is 319 g/mol. The van der Waals surface area contributed by atoms with Gasteiger partial charge in [-0.25, -0.2) is 0 Å². The van der Waals surface area contributed by atoms with Gasteiger partial charge in [0.25, 0.3) is 0 Å². The molecule has 118 valence electrons. The van der Waals surface area contributed by atoms with Crippen LogP contribution in [0.25, 0.3) is 10.9 Å². The summed E-state index contributed by atoms with van der Waals surface area (Å²) < 4.78 is 5.00. The molecule has 4 rings (SSSR count). The molecular weight excluding hydrogens is 306 g/mol. The van der Waals surface area contributed by atoms with E-state index in [-0.39, 0.29) is 0 Å². The molecule has 0 aliphatic heterocycles. The Morgan fingerprint density at radius 1 is 1.04 bits per heavy atom. The van der Waals surface area contributed by atoms with Crippen LogP contribution in [0.5, 0.6) is 0 Å². The normalized spacial score (nSPS) is 10.7. The minimum absolute atomic E-state index is 0.321. The molecule has 0 bridgehead atoms. The lowest BCUT2D eigenvalue weighted by Crippen LogP contribution is -2.03. The van der Waals surface area contributed by atoms with Gasteiger partial charge in [-0.05, 0) is 19.1 Å². The van der Waals surface area contributed by atoms with Gasteiger partial charge in [-0.3, -0.25) is 4.98 Å². The van der Waals surface area contributed by atoms with E-state index >= 15 is 0 Å². The van der Waals surface area contributed by atoms with E-state index in [0.29, 0.717) is 23.3 Å². The topological polar surface area (TPSA) is 102 Å². The lowest BCUT2D eigenvalue weighted by atomic mass is 10.2. The van der Waals surface area contributed by atoms with E-state index in [0.717, 1.165) is 16.6 Å². The summed E-state index contributed by atoms with van der Waals surface area (Å²) in [7, 11) is 0. The van der Waals surface area contributed by atoms with Crippen molar-refractivity contribution in [1.82, 2.24) is 25.3 Å². The van der Waals surface area contributed by atoms with E-state index in [1.54, 1.807) is 18.5 Å². The third kappa shape index (κ3) is 2.84. The molecule has 0 amide bonds. The van der Waals surface area contributed by atoms with Crippen LogP contribution in [-0.4, -0.2) is 25.3 Å². The van der Waals surface area contributed by atoms with Crippen LogP contribution >= 0.6 is 0 Å². The van der Waals surface area contributed by atoms with Crippen LogP contribution in [0.15, 0.2) is 53.3 Å². The molecule has 1 aromatic carbocycles. The monoisotopic (exact) mass is 319 g/mol. The first kappa shape index (κ1) is 14.1. The summed E-state index contributed by atoms with van der Waals surface area (Å²) >= 11 is 0.